The van der Waals surface area contributed by atoms with Gasteiger partial charge in [0.2, 0.25) is 17.7 Å². The largest absolute Gasteiger partial charge is 0.481 e. The van der Waals surface area contributed by atoms with Crippen LogP contribution in [0.1, 0.15) is 45.2 Å². The summed E-state index contributed by atoms with van der Waals surface area (Å²) in [5.41, 5.74) is 6.16. The monoisotopic (exact) mass is 512 g/mol. The van der Waals surface area contributed by atoms with Crippen LogP contribution in [0.2, 0.25) is 0 Å². The van der Waals surface area contributed by atoms with Gasteiger partial charge in [0.15, 0.2) is 0 Å². The molecular weight excluding hydrogens is 480 g/mol. The van der Waals surface area contributed by atoms with Crippen molar-refractivity contribution >= 4 is 35.6 Å². The molecule has 36 heavy (non-hydrogen) atoms. The lowest BCUT2D eigenvalue weighted by molar-refractivity contribution is -0.147. The molecule has 0 aromatic carbocycles. The van der Waals surface area contributed by atoms with Crippen LogP contribution in [0, 0.1) is 5.92 Å². The first-order valence-electron chi connectivity index (χ1n) is 11.1. The van der Waals surface area contributed by atoms with Crippen LogP contribution in [0.15, 0.2) is 12.5 Å². The zero-order chi connectivity index (χ0) is 27.4. The van der Waals surface area contributed by atoms with Gasteiger partial charge in [0.05, 0.1) is 24.5 Å². The molecule has 0 spiro atoms. The number of carbonyl (C=O) groups excluding carboxylic acids is 3. The maximum Gasteiger partial charge on any atom is 0.326 e. The molecule has 0 fully saturated rings. The summed E-state index contributed by atoms with van der Waals surface area (Å²) in [4.78, 5) is 78.2. The molecule has 0 saturated carbocycles. The number of amides is 3. The van der Waals surface area contributed by atoms with Crippen molar-refractivity contribution < 1.29 is 44.1 Å². The summed E-state index contributed by atoms with van der Waals surface area (Å²) in [6, 6.07) is -5.52. The second-order valence-corrected chi connectivity index (χ2v) is 8.55. The molecule has 0 bridgehead atoms. The molecule has 200 valence electrons. The number of hydrogen-bond donors (Lipinski definition) is 8. The van der Waals surface area contributed by atoms with Crippen LogP contribution in [0.4, 0.5) is 0 Å². The van der Waals surface area contributed by atoms with Crippen LogP contribution < -0.4 is 21.7 Å². The summed E-state index contributed by atoms with van der Waals surface area (Å²) in [7, 11) is 0. The number of aromatic amines is 1. The molecule has 1 rings (SSSR count). The van der Waals surface area contributed by atoms with Crippen molar-refractivity contribution in [2.24, 2.45) is 11.7 Å². The SMILES string of the molecule is CC(C)C[C@H](N)C(=O)N[C@@H](CCC(=O)O)C(=O)N[C@@H](Cc1c[nH]cn1)C(=O)N[C@@H](CC(=O)O)C(=O)O. The van der Waals surface area contributed by atoms with Crippen molar-refractivity contribution in [1.82, 2.24) is 25.9 Å². The van der Waals surface area contributed by atoms with E-state index in [0.29, 0.717) is 12.1 Å². The smallest absolute Gasteiger partial charge is 0.326 e. The van der Waals surface area contributed by atoms with E-state index in [4.69, 9.17) is 15.9 Å². The van der Waals surface area contributed by atoms with Gasteiger partial charge in [-0.2, -0.15) is 0 Å². The molecule has 0 saturated heterocycles. The van der Waals surface area contributed by atoms with Crippen LogP contribution >= 0.6 is 0 Å². The standard InChI is InChI=1S/C21H32N6O9/c1-10(2)5-12(22)18(32)25-13(3-4-16(28)29)19(33)26-14(6-11-8-23-9-24-11)20(34)27-15(21(35)36)7-17(30)31/h8-10,12-15H,3-7,22H2,1-2H3,(H,23,24)(H,25,32)(H,26,33)(H,27,34)(H,28,29)(H,30,31)(H,35,36)/t12-,13-,14-,15-/m0/s1. The van der Waals surface area contributed by atoms with Gasteiger partial charge in [-0.1, -0.05) is 13.8 Å². The Labute approximate surface area is 206 Å². The van der Waals surface area contributed by atoms with Crippen molar-refractivity contribution in [2.75, 3.05) is 0 Å². The number of nitrogens with two attached hydrogens (primary N) is 1. The number of carboxylic acids is 3. The fourth-order valence-corrected chi connectivity index (χ4v) is 3.17. The molecule has 0 aliphatic heterocycles. The second-order valence-electron chi connectivity index (χ2n) is 8.55. The number of nitrogens with one attached hydrogen (secondary N) is 4. The van der Waals surface area contributed by atoms with Crippen LogP contribution in [0.3, 0.4) is 0 Å². The number of carbonyl (C=O) groups is 6. The summed E-state index contributed by atoms with van der Waals surface area (Å²) < 4.78 is 0. The molecule has 15 heteroatoms. The normalized spacial score (nSPS) is 14.2. The van der Waals surface area contributed by atoms with Gasteiger partial charge in [-0.05, 0) is 18.8 Å². The summed E-state index contributed by atoms with van der Waals surface area (Å²) in [6.07, 6.45) is 1.13. The lowest BCUT2D eigenvalue weighted by Crippen LogP contribution is -2.58. The first kappa shape index (κ1) is 30.0. The number of nitrogens with zero attached hydrogens (tertiary/aromatic N) is 1. The topological polar surface area (TPSA) is 254 Å². The Kier molecular flexibility index (Phi) is 12.0. The lowest BCUT2D eigenvalue weighted by atomic mass is 10.0. The van der Waals surface area contributed by atoms with Gasteiger partial charge >= 0.3 is 17.9 Å². The highest BCUT2D eigenvalue weighted by atomic mass is 16.4. The number of aliphatic carboxylic acids is 3. The van der Waals surface area contributed by atoms with Crippen molar-refractivity contribution in [3.8, 4) is 0 Å². The highest BCUT2D eigenvalue weighted by Crippen LogP contribution is 2.07. The van der Waals surface area contributed by atoms with Crippen LogP contribution in [0.25, 0.3) is 0 Å². The Morgan fingerprint density at radius 2 is 1.50 bits per heavy atom. The molecule has 3 amide bonds. The number of imidazole rings is 1. The first-order valence-corrected chi connectivity index (χ1v) is 11.1. The Morgan fingerprint density at radius 1 is 0.917 bits per heavy atom. The van der Waals surface area contributed by atoms with Gasteiger partial charge < -0.3 is 42.0 Å². The highest BCUT2D eigenvalue weighted by molar-refractivity contribution is 5.95. The van der Waals surface area contributed by atoms with E-state index in [0.717, 1.165) is 0 Å². The predicted molar refractivity (Wildman–Crippen MR) is 122 cm³/mol. The molecule has 1 aromatic rings. The van der Waals surface area contributed by atoms with Crippen LogP contribution in [-0.4, -0.2) is 85.1 Å². The summed E-state index contributed by atoms with van der Waals surface area (Å²) in [5, 5.41) is 34.0. The quantitative estimate of drug-likeness (QED) is 0.123. The lowest BCUT2D eigenvalue weighted by Gasteiger charge is -2.25. The second kappa shape index (κ2) is 14.4. The number of hydrogen-bond acceptors (Lipinski definition) is 8. The van der Waals surface area contributed by atoms with Crippen molar-refractivity contribution in [1.29, 1.82) is 0 Å². The van der Waals surface area contributed by atoms with Gasteiger partial charge in [-0.25, -0.2) is 9.78 Å². The maximum absolute atomic E-state index is 13.0. The van der Waals surface area contributed by atoms with Crippen LogP contribution in [-0.2, 0) is 35.2 Å². The fourth-order valence-electron chi connectivity index (χ4n) is 3.17. The molecule has 15 nitrogen and oxygen atoms in total. The molecular formula is C21H32N6O9. The van der Waals surface area contributed by atoms with E-state index in [1.165, 1.54) is 12.5 Å². The predicted octanol–water partition coefficient (Wildman–Crippen LogP) is -1.80. The van der Waals surface area contributed by atoms with E-state index < -0.39 is 72.6 Å². The van der Waals surface area contributed by atoms with Gasteiger partial charge in [0.1, 0.15) is 18.1 Å². The zero-order valence-corrected chi connectivity index (χ0v) is 19.9. The molecule has 0 unspecified atom stereocenters. The number of rotatable bonds is 16. The molecule has 0 aliphatic carbocycles. The Balaban J connectivity index is 3.09. The van der Waals surface area contributed by atoms with E-state index in [9.17, 15) is 33.9 Å². The molecule has 0 aliphatic rings. The summed E-state index contributed by atoms with van der Waals surface area (Å²) in [5.74, 6) is -6.83. The molecule has 1 heterocycles. The van der Waals surface area contributed by atoms with E-state index >= 15 is 0 Å². The first-order chi connectivity index (χ1) is 16.8. The molecule has 1 aromatic heterocycles. The zero-order valence-electron chi connectivity index (χ0n) is 19.9. The van der Waals surface area contributed by atoms with Crippen LogP contribution in [0.5, 0.6) is 0 Å². The minimum atomic E-state index is -1.77. The minimum Gasteiger partial charge on any atom is -0.481 e. The van der Waals surface area contributed by atoms with E-state index in [1.54, 1.807) is 0 Å². The highest BCUT2D eigenvalue weighted by Gasteiger charge is 2.32. The van der Waals surface area contributed by atoms with E-state index in [2.05, 4.69) is 25.9 Å². The van der Waals surface area contributed by atoms with Crippen molar-refractivity contribution in [3.63, 3.8) is 0 Å². The summed E-state index contributed by atoms with van der Waals surface area (Å²) >= 11 is 0. The third-order valence-electron chi connectivity index (χ3n) is 4.94. The number of carboxylic acid groups (broad SMARTS) is 3. The Hall–Kier alpha value is -4.01. The Morgan fingerprint density at radius 3 is 2.00 bits per heavy atom. The average Bonchev–Trinajstić information content (AvgIpc) is 3.27. The Bertz CT molecular complexity index is 934. The fraction of sp³-hybridized carbons (Fsp3) is 0.571. The van der Waals surface area contributed by atoms with E-state index in [1.807, 2.05) is 13.8 Å². The van der Waals surface area contributed by atoms with E-state index in [-0.39, 0.29) is 18.8 Å². The third kappa shape index (κ3) is 10.9. The molecule has 4 atom stereocenters. The van der Waals surface area contributed by atoms with Gasteiger partial charge in [0, 0.05) is 19.0 Å². The number of aromatic nitrogens is 2. The average molecular weight is 513 g/mol. The van der Waals surface area contributed by atoms with Gasteiger partial charge in [-0.3, -0.25) is 24.0 Å². The molecule has 0 radical (unpaired) electrons. The summed E-state index contributed by atoms with van der Waals surface area (Å²) in [6.45, 7) is 3.68. The minimum absolute atomic E-state index is 0.0759. The van der Waals surface area contributed by atoms with Gasteiger partial charge in [0.25, 0.3) is 0 Å². The van der Waals surface area contributed by atoms with Crippen molar-refractivity contribution in [3.05, 3.63) is 18.2 Å². The van der Waals surface area contributed by atoms with Crippen molar-refractivity contribution in [2.45, 2.75) is 70.1 Å². The molecule has 9 N–H and O–H groups in total. The van der Waals surface area contributed by atoms with Gasteiger partial charge in [-0.15, -0.1) is 0 Å². The maximum atomic E-state index is 13.0. The third-order valence-corrected chi connectivity index (χ3v) is 4.94. The number of H-pyrrole nitrogens is 1.